The standard InChI is InChI=1S/C15H18O7/c1-3-10(16)8-4-5-11(17)9(6-8)14(19)22-13-7(2)21-15(20)12(13)18/h4-7,12-13,15,17-18,20H,3H2,1-2H3. The van der Waals surface area contributed by atoms with E-state index in [9.17, 15) is 24.9 Å². The Bertz CT molecular complexity index is 583. The third kappa shape index (κ3) is 3.11. The molecule has 0 amide bonds. The average Bonchev–Trinajstić information content (AvgIpc) is 2.73. The van der Waals surface area contributed by atoms with Gasteiger partial charge in [0.2, 0.25) is 0 Å². The van der Waals surface area contributed by atoms with E-state index in [2.05, 4.69) is 0 Å². The number of aliphatic hydroxyl groups is 2. The summed E-state index contributed by atoms with van der Waals surface area (Å²) in [4.78, 5) is 23.8. The summed E-state index contributed by atoms with van der Waals surface area (Å²) < 4.78 is 10.0. The number of ketones is 1. The molecule has 1 heterocycles. The number of phenols is 1. The zero-order valence-electron chi connectivity index (χ0n) is 12.2. The molecule has 22 heavy (non-hydrogen) atoms. The van der Waals surface area contributed by atoms with Gasteiger partial charge in [0.1, 0.15) is 17.4 Å². The lowest BCUT2D eigenvalue weighted by Crippen LogP contribution is -2.36. The maximum atomic E-state index is 12.1. The van der Waals surface area contributed by atoms with Crippen molar-refractivity contribution in [1.29, 1.82) is 0 Å². The van der Waals surface area contributed by atoms with E-state index in [4.69, 9.17) is 9.47 Å². The molecule has 1 fully saturated rings. The second-order valence-corrected chi connectivity index (χ2v) is 5.10. The number of hydrogen-bond acceptors (Lipinski definition) is 7. The highest BCUT2D eigenvalue weighted by atomic mass is 16.7. The molecule has 1 aliphatic heterocycles. The molecule has 7 heteroatoms. The minimum atomic E-state index is -1.44. The average molecular weight is 310 g/mol. The highest BCUT2D eigenvalue weighted by molar-refractivity contribution is 6.00. The number of hydrogen-bond donors (Lipinski definition) is 3. The number of carbonyl (C=O) groups excluding carboxylic acids is 2. The predicted octanol–water partition coefficient (Wildman–Crippen LogP) is 0.608. The fourth-order valence-electron chi connectivity index (χ4n) is 2.25. The van der Waals surface area contributed by atoms with Crippen LogP contribution < -0.4 is 0 Å². The van der Waals surface area contributed by atoms with Gasteiger partial charge in [0.05, 0.1) is 6.10 Å². The second-order valence-electron chi connectivity index (χ2n) is 5.10. The van der Waals surface area contributed by atoms with Crippen LogP contribution >= 0.6 is 0 Å². The van der Waals surface area contributed by atoms with Crippen LogP contribution in [0.5, 0.6) is 5.75 Å². The molecule has 4 unspecified atom stereocenters. The second kappa shape index (κ2) is 6.43. The van der Waals surface area contributed by atoms with Gasteiger partial charge in [0, 0.05) is 12.0 Å². The maximum Gasteiger partial charge on any atom is 0.342 e. The number of phenolic OH excluding ortho intramolecular Hbond substituents is 1. The van der Waals surface area contributed by atoms with Gasteiger partial charge in [-0.2, -0.15) is 0 Å². The molecule has 0 bridgehead atoms. The van der Waals surface area contributed by atoms with Crippen molar-refractivity contribution in [2.24, 2.45) is 0 Å². The number of rotatable bonds is 4. The summed E-state index contributed by atoms with van der Waals surface area (Å²) in [7, 11) is 0. The van der Waals surface area contributed by atoms with Gasteiger partial charge in [0.25, 0.3) is 0 Å². The van der Waals surface area contributed by atoms with Crippen molar-refractivity contribution in [3.63, 3.8) is 0 Å². The first-order chi connectivity index (χ1) is 10.3. The molecular weight excluding hydrogens is 292 g/mol. The molecule has 120 valence electrons. The number of benzene rings is 1. The van der Waals surface area contributed by atoms with E-state index in [-0.39, 0.29) is 29.1 Å². The fraction of sp³-hybridized carbons (Fsp3) is 0.467. The van der Waals surface area contributed by atoms with Gasteiger partial charge in [-0.05, 0) is 25.1 Å². The van der Waals surface area contributed by atoms with E-state index in [1.807, 2.05) is 0 Å². The van der Waals surface area contributed by atoms with Crippen LogP contribution in [0.2, 0.25) is 0 Å². The number of esters is 1. The van der Waals surface area contributed by atoms with Crippen molar-refractivity contribution >= 4 is 11.8 Å². The Morgan fingerprint density at radius 1 is 1.32 bits per heavy atom. The minimum Gasteiger partial charge on any atom is -0.507 e. The molecule has 7 nitrogen and oxygen atoms in total. The number of aromatic hydroxyl groups is 1. The molecule has 4 atom stereocenters. The summed E-state index contributed by atoms with van der Waals surface area (Å²) in [6.07, 6.45) is -4.31. The molecule has 0 radical (unpaired) electrons. The Hall–Kier alpha value is -1.96. The highest BCUT2D eigenvalue weighted by Crippen LogP contribution is 2.26. The summed E-state index contributed by atoms with van der Waals surface area (Å²) in [6, 6.07) is 3.89. The summed E-state index contributed by atoms with van der Waals surface area (Å²) in [5, 5.41) is 28.8. The Balaban J connectivity index is 2.21. The summed E-state index contributed by atoms with van der Waals surface area (Å²) in [5.41, 5.74) is 0.101. The number of aliphatic hydroxyl groups excluding tert-OH is 2. The van der Waals surface area contributed by atoms with Crippen LogP contribution in [0.25, 0.3) is 0 Å². The quantitative estimate of drug-likeness (QED) is 0.551. The van der Waals surface area contributed by atoms with Crippen molar-refractivity contribution in [1.82, 2.24) is 0 Å². The van der Waals surface area contributed by atoms with Gasteiger partial charge in [-0.3, -0.25) is 4.79 Å². The maximum absolute atomic E-state index is 12.1. The summed E-state index contributed by atoms with van der Waals surface area (Å²) in [6.45, 7) is 3.22. The third-order valence-corrected chi connectivity index (χ3v) is 3.55. The van der Waals surface area contributed by atoms with Crippen molar-refractivity contribution in [2.45, 2.75) is 44.9 Å². The van der Waals surface area contributed by atoms with Gasteiger partial charge >= 0.3 is 5.97 Å². The normalized spacial score (nSPS) is 27.6. The predicted molar refractivity (Wildman–Crippen MR) is 74.5 cm³/mol. The van der Waals surface area contributed by atoms with E-state index < -0.39 is 30.6 Å². The van der Waals surface area contributed by atoms with Crippen molar-refractivity contribution < 1.29 is 34.4 Å². The Morgan fingerprint density at radius 3 is 2.55 bits per heavy atom. The lowest BCUT2D eigenvalue weighted by molar-refractivity contribution is -0.124. The molecule has 0 saturated carbocycles. The highest BCUT2D eigenvalue weighted by Gasteiger charge is 2.43. The molecule has 0 aliphatic carbocycles. The van der Waals surface area contributed by atoms with E-state index in [0.29, 0.717) is 0 Å². The first-order valence-electron chi connectivity index (χ1n) is 6.94. The number of ether oxygens (including phenoxy) is 2. The number of carbonyl (C=O) groups is 2. The largest absolute Gasteiger partial charge is 0.507 e. The van der Waals surface area contributed by atoms with Crippen LogP contribution in [0.1, 0.15) is 41.0 Å². The Kier molecular flexibility index (Phi) is 4.80. The third-order valence-electron chi connectivity index (χ3n) is 3.55. The molecule has 1 saturated heterocycles. The molecule has 0 spiro atoms. The molecule has 2 rings (SSSR count). The van der Waals surface area contributed by atoms with Gasteiger partial charge in [-0.1, -0.05) is 6.92 Å². The summed E-state index contributed by atoms with van der Waals surface area (Å²) >= 11 is 0. The molecule has 0 aromatic heterocycles. The van der Waals surface area contributed by atoms with Gasteiger partial charge in [-0.15, -0.1) is 0 Å². The smallest absolute Gasteiger partial charge is 0.342 e. The topological polar surface area (TPSA) is 113 Å². The lowest BCUT2D eigenvalue weighted by Gasteiger charge is -2.18. The Morgan fingerprint density at radius 2 is 2.00 bits per heavy atom. The van der Waals surface area contributed by atoms with E-state index in [1.54, 1.807) is 6.92 Å². The van der Waals surface area contributed by atoms with Crippen molar-refractivity contribution in [3.8, 4) is 5.75 Å². The van der Waals surface area contributed by atoms with E-state index in [1.165, 1.54) is 25.1 Å². The SMILES string of the molecule is CCC(=O)c1ccc(O)c(C(=O)OC2C(C)OC(O)C2O)c1. The van der Waals surface area contributed by atoms with Crippen LogP contribution in [0.3, 0.4) is 0 Å². The molecular formula is C15H18O7. The zero-order chi connectivity index (χ0) is 16.4. The molecule has 1 aliphatic rings. The van der Waals surface area contributed by atoms with Crippen LogP contribution in [0, 0.1) is 0 Å². The monoisotopic (exact) mass is 310 g/mol. The van der Waals surface area contributed by atoms with Crippen LogP contribution in [-0.4, -0.2) is 51.7 Å². The fourth-order valence-corrected chi connectivity index (χ4v) is 2.25. The first-order valence-corrected chi connectivity index (χ1v) is 6.94. The zero-order valence-corrected chi connectivity index (χ0v) is 12.2. The first kappa shape index (κ1) is 16.4. The number of Topliss-reactive ketones (excluding diaryl/α,β-unsaturated/α-hetero) is 1. The lowest BCUT2D eigenvalue weighted by atomic mass is 10.0. The van der Waals surface area contributed by atoms with Crippen LogP contribution in [0.4, 0.5) is 0 Å². The summed E-state index contributed by atoms with van der Waals surface area (Å²) in [5.74, 6) is -1.42. The Labute approximate surface area is 127 Å². The van der Waals surface area contributed by atoms with Gasteiger partial charge in [-0.25, -0.2) is 4.79 Å². The van der Waals surface area contributed by atoms with Crippen LogP contribution in [-0.2, 0) is 9.47 Å². The minimum absolute atomic E-state index is 0.179. The van der Waals surface area contributed by atoms with Crippen molar-refractivity contribution in [3.05, 3.63) is 29.3 Å². The molecule has 3 N–H and O–H groups in total. The van der Waals surface area contributed by atoms with Crippen LogP contribution in [0.15, 0.2) is 18.2 Å². The van der Waals surface area contributed by atoms with Gasteiger partial charge < -0.3 is 24.8 Å². The molecule has 1 aromatic carbocycles. The van der Waals surface area contributed by atoms with E-state index in [0.717, 1.165) is 0 Å². The van der Waals surface area contributed by atoms with Gasteiger partial charge in [0.15, 0.2) is 18.2 Å². The van der Waals surface area contributed by atoms with Crippen molar-refractivity contribution in [2.75, 3.05) is 0 Å². The van der Waals surface area contributed by atoms with E-state index >= 15 is 0 Å². The molecule has 1 aromatic rings.